The zero-order valence-corrected chi connectivity index (χ0v) is 14.3. The summed E-state index contributed by atoms with van der Waals surface area (Å²) in [6, 6.07) is 9.88. The van der Waals surface area contributed by atoms with Gasteiger partial charge in [-0.05, 0) is 54.5 Å². The highest BCUT2D eigenvalue weighted by Crippen LogP contribution is 2.29. The molecule has 1 heterocycles. The highest BCUT2D eigenvalue weighted by molar-refractivity contribution is 6.00. The summed E-state index contributed by atoms with van der Waals surface area (Å²) in [6.07, 6.45) is -3.21. The summed E-state index contributed by atoms with van der Waals surface area (Å²) < 4.78 is 39.5. The van der Waals surface area contributed by atoms with E-state index < -0.39 is 11.7 Å². The molecular formula is C20H14F3N3O. The number of hydrogen-bond donors (Lipinski definition) is 1. The van der Waals surface area contributed by atoms with E-state index in [2.05, 4.69) is 28.8 Å². The fourth-order valence-corrected chi connectivity index (χ4v) is 2.50. The van der Waals surface area contributed by atoms with Crippen molar-refractivity contribution in [3.63, 3.8) is 0 Å². The second kappa shape index (κ2) is 7.00. The molecule has 0 aliphatic rings. The zero-order chi connectivity index (χ0) is 19.6. The van der Waals surface area contributed by atoms with E-state index >= 15 is 0 Å². The standard InChI is InChI=1S/C20H14F3N3O/c1-3-19(27)24-15-9-11-18-16(12-15)17(25-26(18)2)10-6-13-4-7-14(8-5-13)20(21,22)23/h3-5,7-9,11-12H,1H2,2H3,(H,24,27). The van der Waals surface area contributed by atoms with E-state index in [-0.39, 0.29) is 5.91 Å². The van der Waals surface area contributed by atoms with Gasteiger partial charge in [0, 0.05) is 23.7 Å². The molecule has 1 aromatic heterocycles. The number of amides is 1. The van der Waals surface area contributed by atoms with E-state index in [4.69, 9.17) is 0 Å². The first-order valence-corrected chi connectivity index (χ1v) is 7.87. The molecule has 0 aliphatic carbocycles. The lowest BCUT2D eigenvalue weighted by molar-refractivity contribution is -0.137. The molecule has 0 saturated carbocycles. The van der Waals surface area contributed by atoms with Crippen molar-refractivity contribution in [2.24, 2.45) is 7.05 Å². The maximum absolute atomic E-state index is 12.6. The molecule has 0 radical (unpaired) electrons. The maximum atomic E-state index is 12.6. The number of rotatable bonds is 2. The van der Waals surface area contributed by atoms with Crippen LogP contribution in [0.25, 0.3) is 10.9 Å². The lowest BCUT2D eigenvalue weighted by Gasteiger charge is -2.05. The minimum absolute atomic E-state index is 0.337. The number of benzene rings is 2. The molecule has 4 nitrogen and oxygen atoms in total. The Morgan fingerprint density at radius 1 is 1.19 bits per heavy atom. The summed E-state index contributed by atoms with van der Waals surface area (Å²) in [5.41, 5.74) is 1.56. The molecule has 7 heteroatoms. The second-order valence-electron chi connectivity index (χ2n) is 5.72. The summed E-state index contributed by atoms with van der Waals surface area (Å²) >= 11 is 0. The molecule has 0 aliphatic heterocycles. The van der Waals surface area contributed by atoms with Gasteiger partial charge >= 0.3 is 6.18 Å². The number of nitrogens with one attached hydrogen (secondary N) is 1. The van der Waals surface area contributed by atoms with E-state index in [1.165, 1.54) is 18.2 Å². The van der Waals surface area contributed by atoms with E-state index in [9.17, 15) is 18.0 Å². The number of alkyl halides is 3. The van der Waals surface area contributed by atoms with Crippen molar-refractivity contribution < 1.29 is 18.0 Å². The van der Waals surface area contributed by atoms with Crippen LogP contribution in [-0.4, -0.2) is 15.7 Å². The van der Waals surface area contributed by atoms with Gasteiger partial charge in [-0.2, -0.15) is 18.3 Å². The first kappa shape index (κ1) is 18.3. The minimum Gasteiger partial charge on any atom is -0.323 e. The third-order valence-corrected chi connectivity index (χ3v) is 3.84. The molecule has 1 N–H and O–H groups in total. The Balaban J connectivity index is 1.95. The van der Waals surface area contributed by atoms with Crippen molar-refractivity contribution >= 4 is 22.5 Å². The molecule has 0 saturated heterocycles. The molecule has 27 heavy (non-hydrogen) atoms. The van der Waals surface area contributed by atoms with Crippen LogP contribution in [-0.2, 0) is 18.0 Å². The lowest BCUT2D eigenvalue weighted by Crippen LogP contribution is -2.06. The monoisotopic (exact) mass is 369 g/mol. The number of nitrogens with zero attached hydrogens (tertiary/aromatic N) is 2. The van der Waals surface area contributed by atoms with Gasteiger partial charge in [-0.1, -0.05) is 12.5 Å². The number of carbonyl (C=O) groups excluding carboxylic acids is 1. The number of anilines is 1. The summed E-state index contributed by atoms with van der Waals surface area (Å²) in [4.78, 5) is 11.5. The van der Waals surface area contributed by atoms with Gasteiger partial charge in [-0.3, -0.25) is 9.48 Å². The first-order valence-electron chi connectivity index (χ1n) is 7.87. The molecule has 0 bridgehead atoms. The van der Waals surface area contributed by atoms with E-state index in [0.717, 1.165) is 23.0 Å². The van der Waals surface area contributed by atoms with Crippen LogP contribution < -0.4 is 5.32 Å². The Morgan fingerprint density at radius 3 is 2.52 bits per heavy atom. The van der Waals surface area contributed by atoms with Crippen LogP contribution in [0, 0.1) is 11.8 Å². The summed E-state index contributed by atoms with van der Waals surface area (Å²) in [6.45, 7) is 3.40. The molecule has 136 valence electrons. The average molecular weight is 369 g/mol. The SMILES string of the molecule is C=CC(=O)Nc1ccc2c(c1)c(C#Cc1ccc(C(F)(F)F)cc1)nn2C. The molecule has 0 spiro atoms. The van der Waals surface area contributed by atoms with Gasteiger partial charge in [0.05, 0.1) is 11.1 Å². The number of carbonyl (C=O) groups is 1. The van der Waals surface area contributed by atoms with Crippen molar-refractivity contribution in [2.45, 2.75) is 6.18 Å². The highest BCUT2D eigenvalue weighted by atomic mass is 19.4. The zero-order valence-electron chi connectivity index (χ0n) is 14.3. The number of hydrogen-bond acceptors (Lipinski definition) is 2. The molecule has 0 unspecified atom stereocenters. The van der Waals surface area contributed by atoms with Crippen LogP contribution in [0.3, 0.4) is 0 Å². The molecule has 0 atom stereocenters. The summed E-state index contributed by atoms with van der Waals surface area (Å²) in [7, 11) is 1.76. The number of fused-ring (bicyclic) bond motifs is 1. The van der Waals surface area contributed by atoms with Crippen molar-refractivity contribution in [2.75, 3.05) is 5.32 Å². The number of halogens is 3. The Bertz CT molecular complexity index is 1080. The number of aryl methyl sites for hydroxylation is 1. The van der Waals surface area contributed by atoms with Gasteiger partial charge in [0.15, 0.2) is 0 Å². The largest absolute Gasteiger partial charge is 0.416 e. The van der Waals surface area contributed by atoms with Crippen LogP contribution in [0.5, 0.6) is 0 Å². The third kappa shape index (κ3) is 4.01. The highest BCUT2D eigenvalue weighted by Gasteiger charge is 2.29. The second-order valence-corrected chi connectivity index (χ2v) is 5.72. The van der Waals surface area contributed by atoms with Gasteiger partial charge < -0.3 is 5.32 Å². The Morgan fingerprint density at radius 2 is 1.89 bits per heavy atom. The van der Waals surface area contributed by atoms with Gasteiger partial charge in [-0.25, -0.2) is 0 Å². The van der Waals surface area contributed by atoms with Gasteiger partial charge in [0.25, 0.3) is 0 Å². The Hall–Kier alpha value is -3.53. The quantitative estimate of drug-likeness (QED) is 0.546. The third-order valence-electron chi connectivity index (χ3n) is 3.84. The van der Waals surface area contributed by atoms with Crippen molar-refractivity contribution in [3.8, 4) is 11.8 Å². The smallest absolute Gasteiger partial charge is 0.323 e. The molecule has 1 amide bonds. The normalized spacial score (nSPS) is 11.0. The fraction of sp³-hybridized carbons (Fsp3) is 0.100. The maximum Gasteiger partial charge on any atom is 0.416 e. The fourth-order valence-electron chi connectivity index (χ4n) is 2.50. The first-order chi connectivity index (χ1) is 12.8. The van der Waals surface area contributed by atoms with Crippen LogP contribution in [0.1, 0.15) is 16.8 Å². The van der Waals surface area contributed by atoms with E-state index in [0.29, 0.717) is 16.9 Å². The van der Waals surface area contributed by atoms with Gasteiger partial charge in [0.2, 0.25) is 5.91 Å². The van der Waals surface area contributed by atoms with Crippen molar-refractivity contribution in [3.05, 3.63) is 71.9 Å². The number of aromatic nitrogens is 2. The lowest BCUT2D eigenvalue weighted by atomic mass is 10.1. The van der Waals surface area contributed by atoms with Crippen LogP contribution >= 0.6 is 0 Å². The summed E-state index contributed by atoms with van der Waals surface area (Å²) in [5, 5.41) is 7.72. The summed E-state index contributed by atoms with van der Waals surface area (Å²) in [5.74, 6) is 5.36. The average Bonchev–Trinajstić information content (AvgIpc) is 2.95. The van der Waals surface area contributed by atoms with E-state index in [1.54, 1.807) is 29.9 Å². The topological polar surface area (TPSA) is 46.9 Å². The van der Waals surface area contributed by atoms with Gasteiger partial charge in [-0.15, -0.1) is 0 Å². The van der Waals surface area contributed by atoms with Crippen LogP contribution in [0.15, 0.2) is 55.1 Å². The van der Waals surface area contributed by atoms with Crippen molar-refractivity contribution in [1.82, 2.24) is 9.78 Å². The molecule has 0 fully saturated rings. The van der Waals surface area contributed by atoms with Gasteiger partial charge in [0.1, 0.15) is 5.69 Å². The molecule has 3 aromatic rings. The Labute approximate surface area is 153 Å². The molecular weight excluding hydrogens is 355 g/mol. The van der Waals surface area contributed by atoms with Crippen molar-refractivity contribution in [1.29, 1.82) is 0 Å². The van der Waals surface area contributed by atoms with E-state index in [1.807, 2.05) is 0 Å². The predicted molar refractivity (Wildman–Crippen MR) is 97.0 cm³/mol. The molecule has 3 rings (SSSR count). The minimum atomic E-state index is -4.38. The molecule has 2 aromatic carbocycles. The van der Waals surface area contributed by atoms with Crippen LogP contribution in [0.2, 0.25) is 0 Å². The Kier molecular flexibility index (Phi) is 4.74. The predicted octanol–water partition coefficient (Wildman–Crippen LogP) is 4.12. The van der Waals surface area contributed by atoms with Crippen LogP contribution in [0.4, 0.5) is 18.9 Å².